The standard InChI is InChI=1S/C22H22ClN5O2/c23-19-14-24-10-8-17(19)21(29)25-13-16-5-3-11-27(15-16)22(30)18-6-1-2-7-20(18)28-12-4-9-26-28/h1-2,4,6-10,12,14,16H,3,5,11,13,15H2,(H,25,29)/t16-/m0/s1. The van der Waals surface area contributed by atoms with Crippen LogP contribution in [0.5, 0.6) is 0 Å². The van der Waals surface area contributed by atoms with Crippen molar-refractivity contribution in [3.63, 3.8) is 0 Å². The minimum absolute atomic E-state index is 0.0192. The van der Waals surface area contributed by atoms with Gasteiger partial charge in [0.2, 0.25) is 0 Å². The molecule has 1 aromatic carbocycles. The van der Waals surface area contributed by atoms with Gasteiger partial charge in [-0.25, -0.2) is 4.68 Å². The highest BCUT2D eigenvalue weighted by Gasteiger charge is 2.26. The second-order valence-electron chi connectivity index (χ2n) is 7.29. The zero-order valence-electron chi connectivity index (χ0n) is 16.4. The highest BCUT2D eigenvalue weighted by Crippen LogP contribution is 2.22. The van der Waals surface area contributed by atoms with Crippen molar-refractivity contribution in [1.29, 1.82) is 0 Å². The van der Waals surface area contributed by atoms with Crippen LogP contribution in [0.1, 0.15) is 33.6 Å². The maximum atomic E-state index is 13.2. The fourth-order valence-electron chi connectivity index (χ4n) is 3.74. The Hall–Kier alpha value is -3.19. The van der Waals surface area contributed by atoms with Gasteiger partial charge in [-0.2, -0.15) is 5.10 Å². The van der Waals surface area contributed by atoms with Crippen molar-refractivity contribution >= 4 is 23.4 Å². The Bertz CT molecular complexity index is 1040. The molecule has 1 aliphatic heterocycles. The zero-order valence-corrected chi connectivity index (χ0v) is 17.1. The molecule has 0 unspecified atom stereocenters. The van der Waals surface area contributed by atoms with Crippen LogP contribution in [0.25, 0.3) is 5.69 Å². The molecule has 154 valence electrons. The summed E-state index contributed by atoms with van der Waals surface area (Å²) >= 11 is 6.05. The van der Waals surface area contributed by atoms with Gasteiger partial charge in [-0.1, -0.05) is 23.7 Å². The molecule has 7 nitrogen and oxygen atoms in total. The highest BCUT2D eigenvalue weighted by atomic mass is 35.5. The first-order chi connectivity index (χ1) is 14.6. The number of nitrogens with zero attached hydrogens (tertiary/aromatic N) is 4. The number of piperidine rings is 1. The van der Waals surface area contributed by atoms with Gasteiger partial charge in [0, 0.05) is 44.4 Å². The van der Waals surface area contributed by atoms with Crippen LogP contribution in [0.3, 0.4) is 0 Å². The number of para-hydroxylation sites is 1. The Balaban J connectivity index is 1.42. The molecule has 0 aliphatic carbocycles. The number of hydrogen-bond donors (Lipinski definition) is 1. The summed E-state index contributed by atoms with van der Waals surface area (Å²) in [6.45, 7) is 1.78. The van der Waals surface area contributed by atoms with Gasteiger partial charge in [0.25, 0.3) is 11.8 Å². The number of likely N-dealkylation sites (tertiary alicyclic amines) is 1. The van der Waals surface area contributed by atoms with Crippen LogP contribution in [0, 0.1) is 5.92 Å². The molecule has 1 saturated heterocycles. The van der Waals surface area contributed by atoms with E-state index in [0.717, 1.165) is 18.5 Å². The monoisotopic (exact) mass is 423 g/mol. The summed E-state index contributed by atoms with van der Waals surface area (Å²) in [4.78, 5) is 31.4. The van der Waals surface area contributed by atoms with E-state index >= 15 is 0 Å². The van der Waals surface area contributed by atoms with Crippen molar-refractivity contribution in [2.75, 3.05) is 19.6 Å². The van der Waals surface area contributed by atoms with E-state index < -0.39 is 0 Å². The van der Waals surface area contributed by atoms with Crippen molar-refractivity contribution in [3.05, 3.63) is 77.3 Å². The summed E-state index contributed by atoms with van der Waals surface area (Å²) in [5, 5.41) is 7.52. The summed E-state index contributed by atoms with van der Waals surface area (Å²) in [5.74, 6) is -0.0617. The number of rotatable bonds is 5. The Labute approximate surface area is 179 Å². The Morgan fingerprint density at radius 1 is 1.13 bits per heavy atom. The van der Waals surface area contributed by atoms with Crippen molar-refractivity contribution in [3.8, 4) is 5.69 Å². The predicted molar refractivity (Wildman–Crippen MR) is 114 cm³/mol. The molecular formula is C22H22ClN5O2. The van der Waals surface area contributed by atoms with Gasteiger partial charge in [0.1, 0.15) is 0 Å². The van der Waals surface area contributed by atoms with Crippen LogP contribution in [-0.4, -0.2) is 51.1 Å². The first-order valence-corrected chi connectivity index (χ1v) is 10.3. The number of amides is 2. The third kappa shape index (κ3) is 4.36. The Morgan fingerprint density at radius 3 is 2.80 bits per heavy atom. The maximum absolute atomic E-state index is 13.2. The lowest BCUT2D eigenvalue weighted by Crippen LogP contribution is -2.44. The first-order valence-electron chi connectivity index (χ1n) is 9.89. The van der Waals surface area contributed by atoms with Gasteiger partial charge < -0.3 is 10.2 Å². The highest BCUT2D eigenvalue weighted by molar-refractivity contribution is 6.33. The molecule has 2 aromatic heterocycles. The molecule has 0 bridgehead atoms. The van der Waals surface area contributed by atoms with Crippen LogP contribution >= 0.6 is 11.6 Å². The molecule has 30 heavy (non-hydrogen) atoms. The van der Waals surface area contributed by atoms with Crippen molar-refractivity contribution in [2.24, 2.45) is 5.92 Å². The molecule has 0 radical (unpaired) electrons. The van der Waals surface area contributed by atoms with E-state index in [1.54, 1.807) is 23.1 Å². The Kier molecular flexibility index (Phi) is 6.09. The number of carbonyl (C=O) groups is 2. The van der Waals surface area contributed by atoms with Crippen LogP contribution < -0.4 is 5.32 Å². The van der Waals surface area contributed by atoms with Crippen LogP contribution in [-0.2, 0) is 0 Å². The molecule has 1 aliphatic rings. The van der Waals surface area contributed by atoms with E-state index in [-0.39, 0.29) is 17.7 Å². The van der Waals surface area contributed by atoms with E-state index in [1.165, 1.54) is 6.20 Å². The van der Waals surface area contributed by atoms with Crippen molar-refractivity contribution in [2.45, 2.75) is 12.8 Å². The van der Waals surface area contributed by atoms with Crippen molar-refractivity contribution < 1.29 is 9.59 Å². The lowest BCUT2D eigenvalue weighted by Gasteiger charge is -2.33. The van der Waals surface area contributed by atoms with E-state index in [4.69, 9.17) is 11.6 Å². The summed E-state index contributed by atoms with van der Waals surface area (Å²) in [6.07, 6.45) is 8.36. The van der Waals surface area contributed by atoms with Crippen LogP contribution in [0.2, 0.25) is 5.02 Å². The number of halogens is 1. The molecule has 4 rings (SSSR count). The largest absolute Gasteiger partial charge is 0.352 e. The molecule has 3 aromatic rings. The smallest absolute Gasteiger partial charge is 0.256 e. The van der Waals surface area contributed by atoms with E-state index in [9.17, 15) is 9.59 Å². The number of aromatic nitrogens is 3. The van der Waals surface area contributed by atoms with E-state index in [0.29, 0.717) is 35.8 Å². The number of carbonyl (C=O) groups excluding carboxylic acids is 2. The van der Waals surface area contributed by atoms with E-state index in [1.807, 2.05) is 41.4 Å². The molecule has 1 N–H and O–H groups in total. The van der Waals surface area contributed by atoms with Gasteiger partial charge in [0.05, 0.1) is 21.8 Å². The number of hydrogen-bond acceptors (Lipinski definition) is 4. The minimum atomic E-state index is -0.227. The molecule has 1 fully saturated rings. The SMILES string of the molecule is O=C(NC[C@@H]1CCCN(C(=O)c2ccccc2-n2cccn2)C1)c1ccncc1Cl. The van der Waals surface area contributed by atoms with Gasteiger partial charge >= 0.3 is 0 Å². The van der Waals surface area contributed by atoms with Gasteiger partial charge in [0.15, 0.2) is 0 Å². The average Bonchev–Trinajstić information content (AvgIpc) is 3.32. The summed E-state index contributed by atoms with van der Waals surface area (Å²) in [7, 11) is 0. The number of nitrogens with one attached hydrogen (secondary N) is 1. The number of pyridine rings is 1. The van der Waals surface area contributed by atoms with Crippen LogP contribution in [0.15, 0.2) is 61.2 Å². The normalized spacial score (nSPS) is 16.3. The van der Waals surface area contributed by atoms with Gasteiger partial charge in [-0.05, 0) is 43.0 Å². The van der Waals surface area contributed by atoms with Gasteiger partial charge in [-0.3, -0.25) is 14.6 Å². The lowest BCUT2D eigenvalue weighted by atomic mass is 9.97. The zero-order chi connectivity index (χ0) is 20.9. The second kappa shape index (κ2) is 9.09. The van der Waals surface area contributed by atoms with Gasteiger partial charge in [-0.15, -0.1) is 0 Å². The third-order valence-corrected chi connectivity index (χ3v) is 5.56. The van der Waals surface area contributed by atoms with E-state index in [2.05, 4.69) is 15.4 Å². The lowest BCUT2D eigenvalue weighted by molar-refractivity contribution is 0.0670. The summed E-state index contributed by atoms with van der Waals surface area (Å²) < 4.78 is 1.70. The molecule has 8 heteroatoms. The third-order valence-electron chi connectivity index (χ3n) is 5.26. The fraction of sp³-hybridized carbons (Fsp3) is 0.273. The summed E-state index contributed by atoms with van der Waals surface area (Å²) in [5.41, 5.74) is 1.79. The molecular weight excluding hydrogens is 402 g/mol. The van der Waals surface area contributed by atoms with Crippen LogP contribution in [0.4, 0.5) is 0 Å². The number of benzene rings is 1. The average molecular weight is 424 g/mol. The fourth-order valence-corrected chi connectivity index (χ4v) is 3.95. The summed E-state index contributed by atoms with van der Waals surface area (Å²) in [6, 6.07) is 10.9. The minimum Gasteiger partial charge on any atom is -0.352 e. The predicted octanol–water partition coefficient (Wildman–Crippen LogP) is 3.20. The Morgan fingerprint density at radius 2 is 2.00 bits per heavy atom. The maximum Gasteiger partial charge on any atom is 0.256 e. The molecule has 0 spiro atoms. The molecule has 0 saturated carbocycles. The molecule has 1 atom stereocenters. The topological polar surface area (TPSA) is 80.1 Å². The molecule has 2 amide bonds. The quantitative estimate of drug-likeness (QED) is 0.683. The first kappa shape index (κ1) is 20.1. The van der Waals surface area contributed by atoms with Crippen molar-refractivity contribution in [1.82, 2.24) is 25.0 Å². The molecule has 3 heterocycles. The second-order valence-corrected chi connectivity index (χ2v) is 7.70.